The Morgan fingerprint density at radius 3 is 2.57 bits per heavy atom. The molecule has 0 radical (unpaired) electrons. The zero-order chi connectivity index (χ0) is 15.5. The molecule has 21 heavy (non-hydrogen) atoms. The standard InChI is InChI=1S/C16H25ClN2O2/c1-16(2,19-7-9-21-10-8-19)15(18-3)12-5-6-13(17)14(11-12)20-4/h5-6,11,15,18H,7-10H2,1-4H3. The molecule has 1 saturated heterocycles. The number of nitrogens with zero attached hydrogens (tertiary/aromatic N) is 1. The third-order valence-electron chi connectivity index (χ3n) is 4.33. The van der Waals surface area contributed by atoms with E-state index in [0.29, 0.717) is 10.8 Å². The number of ether oxygens (including phenoxy) is 2. The van der Waals surface area contributed by atoms with E-state index in [1.54, 1.807) is 7.11 Å². The summed E-state index contributed by atoms with van der Waals surface area (Å²) in [6, 6.07) is 6.16. The highest BCUT2D eigenvalue weighted by molar-refractivity contribution is 6.32. The minimum atomic E-state index is -0.0304. The molecule has 4 nitrogen and oxygen atoms in total. The molecule has 1 atom stereocenters. The van der Waals surface area contributed by atoms with Gasteiger partial charge in [-0.1, -0.05) is 17.7 Å². The zero-order valence-electron chi connectivity index (χ0n) is 13.3. The number of morpholine rings is 1. The third kappa shape index (κ3) is 3.51. The molecule has 1 heterocycles. The molecule has 5 heteroatoms. The lowest BCUT2D eigenvalue weighted by molar-refractivity contribution is -0.0229. The molecule has 1 aliphatic rings. The molecule has 1 N–H and O–H groups in total. The summed E-state index contributed by atoms with van der Waals surface area (Å²) in [5.41, 5.74) is 1.15. The van der Waals surface area contributed by atoms with E-state index in [1.807, 2.05) is 19.2 Å². The first-order valence-electron chi connectivity index (χ1n) is 7.34. The number of methoxy groups -OCH3 is 1. The van der Waals surface area contributed by atoms with Gasteiger partial charge in [-0.3, -0.25) is 4.90 Å². The molecular weight excluding hydrogens is 288 g/mol. The molecule has 0 amide bonds. The van der Waals surface area contributed by atoms with Crippen molar-refractivity contribution in [3.8, 4) is 5.75 Å². The second-order valence-corrected chi connectivity index (χ2v) is 6.28. The van der Waals surface area contributed by atoms with Crippen LogP contribution < -0.4 is 10.1 Å². The second kappa shape index (κ2) is 6.97. The number of likely N-dealkylation sites (N-methyl/N-ethyl adjacent to an activating group) is 1. The van der Waals surface area contributed by atoms with Crippen LogP contribution in [0.2, 0.25) is 5.02 Å². The maximum atomic E-state index is 6.13. The third-order valence-corrected chi connectivity index (χ3v) is 4.64. The number of halogens is 1. The number of hydrogen-bond acceptors (Lipinski definition) is 4. The van der Waals surface area contributed by atoms with Crippen LogP contribution in [-0.2, 0) is 4.74 Å². The number of hydrogen-bond donors (Lipinski definition) is 1. The summed E-state index contributed by atoms with van der Waals surface area (Å²) in [5.74, 6) is 0.715. The van der Waals surface area contributed by atoms with E-state index in [9.17, 15) is 0 Å². The zero-order valence-corrected chi connectivity index (χ0v) is 14.0. The Bertz CT molecular complexity index is 473. The fourth-order valence-electron chi connectivity index (χ4n) is 3.11. The van der Waals surface area contributed by atoms with Gasteiger partial charge in [0.25, 0.3) is 0 Å². The van der Waals surface area contributed by atoms with Gasteiger partial charge in [-0.05, 0) is 38.6 Å². The van der Waals surface area contributed by atoms with Crippen molar-refractivity contribution in [3.63, 3.8) is 0 Å². The van der Waals surface area contributed by atoms with Crippen LogP contribution in [0.4, 0.5) is 0 Å². The highest BCUT2D eigenvalue weighted by Gasteiger charge is 2.36. The first-order chi connectivity index (χ1) is 10.0. The Kier molecular flexibility index (Phi) is 5.49. The lowest BCUT2D eigenvalue weighted by atomic mass is 9.86. The van der Waals surface area contributed by atoms with Crippen molar-refractivity contribution in [1.82, 2.24) is 10.2 Å². The van der Waals surface area contributed by atoms with Crippen molar-refractivity contribution in [2.45, 2.75) is 25.4 Å². The predicted molar refractivity (Wildman–Crippen MR) is 86.3 cm³/mol. The summed E-state index contributed by atoms with van der Waals surface area (Å²) in [6.07, 6.45) is 0. The minimum Gasteiger partial charge on any atom is -0.495 e. The van der Waals surface area contributed by atoms with Gasteiger partial charge in [0.15, 0.2) is 0 Å². The molecule has 118 valence electrons. The van der Waals surface area contributed by atoms with Crippen LogP contribution in [-0.4, -0.2) is 50.9 Å². The van der Waals surface area contributed by atoms with Crippen molar-refractivity contribution in [2.24, 2.45) is 0 Å². The summed E-state index contributed by atoms with van der Waals surface area (Å²) in [5, 5.41) is 4.08. The van der Waals surface area contributed by atoms with Gasteiger partial charge in [0, 0.05) is 18.6 Å². The van der Waals surface area contributed by atoms with E-state index in [-0.39, 0.29) is 11.6 Å². The Balaban J connectivity index is 2.29. The summed E-state index contributed by atoms with van der Waals surface area (Å²) >= 11 is 6.13. The molecule has 1 aromatic rings. The maximum absolute atomic E-state index is 6.13. The number of nitrogens with one attached hydrogen (secondary N) is 1. The van der Waals surface area contributed by atoms with Crippen LogP contribution in [0.15, 0.2) is 18.2 Å². The SMILES string of the molecule is CNC(c1ccc(Cl)c(OC)c1)C(C)(C)N1CCOCC1. The highest BCUT2D eigenvalue weighted by atomic mass is 35.5. The topological polar surface area (TPSA) is 33.7 Å². The lowest BCUT2D eigenvalue weighted by Gasteiger charge is -2.46. The fourth-order valence-corrected chi connectivity index (χ4v) is 3.30. The van der Waals surface area contributed by atoms with Crippen LogP contribution >= 0.6 is 11.6 Å². The Labute approximate surface area is 132 Å². The Hall–Kier alpha value is -0.810. The van der Waals surface area contributed by atoms with Gasteiger partial charge in [0.05, 0.1) is 31.4 Å². The molecule has 1 fully saturated rings. The molecule has 0 saturated carbocycles. The lowest BCUT2D eigenvalue weighted by Crippen LogP contribution is -2.55. The minimum absolute atomic E-state index is 0.0304. The van der Waals surface area contributed by atoms with Crippen LogP contribution in [0.5, 0.6) is 5.75 Å². The van der Waals surface area contributed by atoms with Crippen LogP contribution in [0.1, 0.15) is 25.5 Å². The van der Waals surface area contributed by atoms with Crippen molar-refractivity contribution in [3.05, 3.63) is 28.8 Å². The van der Waals surface area contributed by atoms with Gasteiger partial charge in [-0.25, -0.2) is 0 Å². The van der Waals surface area contributed by atoms with E-state index < -0.39 is 0 Å². The Morgan fingerprint density at radius 1 is 1.33 bits per heavy atom. The van der Waals surface area contributed by atoms with E-state index in [0.717, 1.165) is 26.3 Å². The normalized spacial score (nSPS) is 18.5. The molecule has 0 aromatic heterocycles. The summed E-state index contributed by atoms with van der Waals surface area (Å²) in [4.78, 5) is 2.47. The van der Waals surface area contributed by atoms with Crippen molar-refractivity contribution < 1.29 is 9.47 Å². The van der Waals surface area contributed by atoms with Gasteiger partial charge in [0.2, 0.25) is 0 Å². The summed E-state index contributed by atoms with van der Waals surface area (Å²) in [6.45, 7) is 8.03. The molecular formula is C16H25ClN2O2. The number of rotatable bonds is 5. The van der Waals surface area contributed by atoms with E-state index in [2.05, 4.69) is 30.1 Å². The summed E-state index contributed by atoms with van der Waals surface area (Å²) in [7, 11) is 3.64. The first-order valence-corrected chi connectivity index (χ1v) is 7.72. The number of benzene rings is 1. The van der Waals surface area contributed by atoms with Crippen LogP contribution in [0, 0.1) is 0 Å². The van der Waals surface area contributed by atoms with E-state index in [1.165, 1.54) is 5.56 Å². The molecule has 1 aromatic carbocycles. The largest absolute Gasteiger partial charge is 0.495 e. The smallest absolute Gasteiger partial charge is 0.137 e. The predicted octanol–water partition coefficient (Wildman–Crippen LogP) is 2.72. The van der Waals surface area contributed by atoms with Crippen LogP contribution in [0.3, 0.4) is 0 Å². The van der Waals surface area contributed by atoms with Crippen molar-refractivity contribution in [2.75, 3.05) is 40.5 Å². The monoisotopic (exact) mass is 312 g/mol. The second-order valence-electron chi connectivity index (χ2n) is 5.87. The molecule has 2 rings (SSSR count). The van der Waals surface area contributed by atoms with Gasteiger partial charge < -0.3 is 14.8 Å². The molecule has 0 aliphatic carbocycles. The molecule has 1 unspecified atom stereocenters. The molecule has 1 aliphatic heterocycles. The summed E-state index contributed by atoms with van der Waals surface area (Å²) < 4.78 is 10.8. The quantitative estimate of drug-likeness (QED) is 0.906. The van der Waals surface area contributed by atoms with Crippen LogP contribution in [0.25, 0.3) is 0 Å². The van der Waals surface area contributed by atoms with Gasteiger partial charge >= 0.3 is 0 Å². The van der Waals surface area contributed by atoms with Crippen molar-refractivity contribution in [1.29, 1.82) is 0 Å². The Morgan fingerprint density at radius 2 is 2.00 bits per heavy atom. The average Bonchev–Trinajstić information content (AvgIpc) is 2.50. The highest BCUT2D eigenvalue weighted by Crippen LogP contribution is 2.35. The fraction of sp³-hybridized carbons (Fsp3) is 0.625. The van der Waals surface area contributed by atoms with Gasteiger partial charge in [-0.15, -0.1) is 0 Å². The van der Waals surface area contributed by atoms with E-state index in [4.69, 9.17) is 21.1 Å². The van der Waals surface area contributed by atoms with Crippen molar-refractivity contribution >= 4 is 11.6 Å². The maximum Gasteiger partial charge on any atom is 0.137 e. The molecule has 0 spiro atoms. The first kappa shape index (κ1) is 16.6. The van der Waals surface area contributed by atoms with Gasteiger partial charge in [-0.2, -0.15) is 0 Å². The van der Waals surface area contributed by atoms with Gasteiger partial charge in [0.1, 0.15) is 5.75 Å². The van der Waals surface area contributed by atoms with E-state index >= 15 is 0 Å². The molecule has 0 bridgehead atoms. The average molecular weight is 313 g/mol.